The first-order valence-corrected chi connectivity index (χ1v) is 5.85. The fraction of sp³-hybridized carbons (Fsp3) is 0.818. The summed E-state index contributed by atoms with van der Waals surface area (Å²) in [5.41, 5.74) is 0. The molecular formula is C11H21N3O3. The van der Waals surface area contributed by atoms with Crippen LogP contribution in [0.4, 0.5) is 0 Å². The van der Waals surface area contributed by atoms with E-state index in [1.54, 1.807) is 19.0 Å². The average molecular weight is 243 g/mol. The van der Waals surface area contributed by atoms with Crippen molar-refractivity contribution < 1.29 is 14.7 Å². The van der Waals surface area contributed by atoms with Crippen molar-refractivity contribution in [3.8, 4) is 0 Å². The van der Waals surface area contributed by atoms with Crippen molar-refractivity contribution >= 4 is 11.9 Å². The summed E-state index contributed by atoms with van der Waals surface area (Å²) in [5.74, 6) is -0.640. The number of aliphatic carboxylic acids is 1. The fourth-order valence-electron chi connectivity index (χ4n) is 1.84. The second-order valence-electron chi connectivity index (χ2n) is 4.55. The number of carboxylic acids is 1. The molecule has 1 N–H and O–H groups in total. The summed E-state index contributed by atoms with van der Waals surface area (Å²) in [6.45, 7) is 4.09. The highest BCUT2D eigenvalue weighted by Crippen LogP contribution is 2.02. The molecule has 0 bridgehead atoms. The zero-order valence-electron chi connectivity index (χ0n) is 10.6. The van der Waals surface area contributed by atoms with Crippen LogP contribution >= 0.6 is 0 Å². The maximum absolute atomic E-state index is 11.4. The van der Waals surface area contributed by atoms with Gasteiger partial charge in [0.1, 0.15) is 0 Å². The molecule has 98 valence electrons. The number of amides is 1. The van der Waals surface area contributed by atoms with Crippen LogP contribution in [-0.2, 0) is 9.59 Å². The number of rotatable bonds is 5. The van der Waals surface area contributed by atoms with Crippen LogP contribution in [0.15, 0.2) is 0 Å². The smallest absolute Gasteiger partial charge is 0.317 e. The molecule has 1 rings (SSSR count). The lowest BCUT2D eigenvalue weighted by Gasteiger charge is -2.33. The second kappa shape index (κ2) is 6.56. The van der Waals surface area contributed by atoms with Crippen molar-refractivity contribution in [2.75, 3.05) is 53.4 Å². The average Bonchev–Trinajstić information content (AvgIpc) is 2.26. The Morgan fingerprint density at radius 3 is 2.12 bits per heavy atom. The van der Waals surface area contributed by atoms with Gasteiger partial charge in [-0.2, -0.15) is 0 Å². The van der Waals surface area contributed by atoms with Crippen molar-refractivity contribution in [3.63, 3.8) is 0 Å². The number of piperazine rings is 1. The molecule has 1 saturated heterocycles. The summed E-state index contributed by atoms with van der Waals surface area (Å²) in [5, 5.41) is 8.66. The Morgan fingerprint density at radius 2 is 1.65 bits per heavy atom. The third-order valence-electron chi connectivity index (χ3n) is 2.96. The molecule has 0 saturated carbocycles. The highest BCUT2D eigenvalue weighted by Gasteiger charge is 2.19. The van der Waals surface area contributed by atoms with Crippen molar-refractivity contribution in [2.24, 2.45) is 0 Å². The largest absolute Gasteiger partial charge is 0.480 e. The molecule has 6 heteroatoms. The molecule has 1 heterocycles. The van der Waals surface area contributed by atoms with Gasteiger partial charge in [0.2, 0.25) is 5.91 Å². The highest BCUT2D eigenvalue weighted by atomic mass is 16.4. The number of carbonyl (C=O) groups excluding carboxylic acids is 1. The Balaban J connectivity index is 2.19. The quantitative estimate of drug-likeness (QED) is 0.682. The van der Waals surface area contributed by atoms with E-state index in [0.29, 0.717) is 6.42 Å². The van der Waals surface area contributed by atoms with Crippen molar-refractivity contribution in [1.82, 2.24) is 14.7 Å². The lowest BCUT2D eigenvalue weighted by Crippen LogP contribution is -2.48. The Labute approximate surface area is 102 Å². The standard InChI is InChI=1S/C11H21N3O3/c1-12(2)10(15)3-4-13-5-7-14(8-6-13)9-11(16)17/h3-9H2,1-2H3,(H,16,17). The van der Waals surface area contributed by atoms with Gasteiger partial charge in [0, 0.05) is 53.2 Å². The Kier molecular flexibility index (Phi) is 5.37. The van der Waals surface area contributed by atoms with E-state index in [1.807, 2.05) is 4.90 Å². The van der Waals surface area contributed by atoms with Gasteiger partial charge in [-0.05, 0) is 0 Å². The predicted molar refractivity (Wildman–Crippen MR) is 63.8 cm³/mol. The van der Waals surface area contributed by atoms with Gasteiger partial charge >= 0.3 is 5.97 Å². The molecule has 0 aromatic rings. The van der Waals surface area contributed by atoms with Crippen LogP contribution in [0.1, 0.15) is 6.42 Å². The zero-order valence-corrected chi connectivity index (χ0v) is 10.6. The molecule has 1 aliphatic rings. The van der Waals surface area contributed by atoms with Gasteiger partial charge in [0.25, 0.3) is 0 Å². The summed E-state index contributed by atoms with van der Waals surface area (Å²) in [6, 6.07) is 0. The van der Waals surface area contributed by atoms with E-state index < -0.39 is 5.97 Å². The minimum atomic E-state index is -0.777. The van der Waals surface area contributed by atoms with Gasteiger partial charge < -0.3 is 14.9 Å². The van der Waals surface area contributed by atoms with E-state index in [2.05, 4.69) is 4.90 Å². The zero-order chi connectivity index (χ0) is 12.8. The summed E-state index contributed by atoms with van der Waals surface area (Å²) >= 11 is 0. The van der Waals surface area contributed by atoms with Crippen molar-refractivity contribution in [3.05, 3.63) is 0 Å². The van der Waals surface area contributed by atoms with Crippen LogP contribution in [0.5, 0.6) is 0 Å². The minimum Gasteiger partial charge on any atom is -0.480 e. The number of carboxylic acid groups (broad SMARTS) is 1. The molecule has 17 heavy (non-hydrogen) atoms. The first kappa shape index (κ1) is 13.9. The van der Waals surface area contributed by atoms with Gasteiger partial charge in [-0.1, -0.05) is 0 Å². The summed E-state index contributed by atoms with van der Waals surface area (Å²) in [7, 11) is 3.51. The maximum Gasteiger partial charge on any atom is 0.317 e. The van der Waals surface area contributed by atoms with E-state index >= 15 is 0 Å². The van der Waals surface area contributed by atoms with Gasteiger partial charge in [0.05, 0.1) is 6.54 Å². The minimum absolute atomic E-state index is 0.116. The van der Waals surface area contributed by atoms with Crippen LogP contribution in [0, 0.1) is 0 Å². The van der Waals surface area contributed by atoms with Crippen LogP contribution in [0.3, 0.4) is 0 Å². The van der Waals surface area contributed by atoms with Crippen molar-refractivity contribution in [2.45, 2.75) is 6.42 Å². The topological polar surface area (TPSA) is 64.1 Å². The fourth-order valence-corrected chi connectivity index (χ4v) is 1.84. The van der Waals surface area contributed by atoms with E-state index in [9.17, 15) is 9.59 Å². The van der Waals surface area contributed by atoms with E-state index in [-0.39, 0.29) is 12.5 Å². The molecule has 6 nitrogen and oxygen atoms in total. The third-order valence-corrected chi connectivity index (χ3v) is 2.96. The third kappa shape index (κ3) is 5.14. The molecule has 0 unspecified atom stereocenters. The van der Waals surface area contributed by atoms with Crippen LogP contribution < -0.4 is 0 Å². The second-order valence-corrected chi connectivity index (χ2v) is 4.55. The molecule has 0 radical (unpaired) electrons. The maximum atomic E-state index is 11.4. The Bertz CT molecular complexity index is 273. The molecule has 1 aliphatic heterocycles. The molecule has 1 fully saturated rings. The molecule has 1 amide bonds. The molecule has 0 atom stereocenters. The van der Waals surface area contributed by atoms with Gasteiger partial charge in [-0.3, -0.25) is 14.5 Å². The summed E-state index contributed by atoms with van der Waals surface area (Å²) < 4.78 is 0. The molecular weight excluding hydrogens is 222 g/mol. The SMILES string of the molecule is CN(C)C(=O)CCN1CCN(CC(=O)O)CC1. The predicted octanol–water partition coefficient (Wildman–Crippen LogP) is -0.833. The van der Waals surface area contributed by atoms with E-state index in [1.165, 1.54) is 0 Å². The van der Waals surface area contributed by atoms with Crippen LogP contribution in [-0.4, -0.2) is 85.0 Å². The first-order valence-electron chi connectivity index (χ1n) is 5.85. The lowest BCUT2D eigenvalue weighted by atomic mass is 10.2. The highest BCUT2D eigenvalue weighted by molar-refractivity contribution is 5.75. The Hall–Kier alpha value is -1.14. The van der Waals surface area contributed by atoms with Crippen molar-refractivity contribution in [1.29, 1.82) is 0 Å². The number of hydrogen-bond acceptors (Lipinski definition) is 4. The van der Waals surface area contributed by atoms with E-state index in [4.69, 9.17) is 5.11 Å². The number of nitrogens with zero attached hydrogens (tertiary/aromatic N) is 3. The van der Waals surface area contributed by atoms with Gasteiger partial charge in [-0.15, -0.1) is 0 Å². The molecule has 0 spiro atoms. The van der Waals surface area contributed by atoms with Gasteiger partial charge in [0.15, 0.2) is 0 Å². The summed E-state index contributed by atoms with van der Waals surface area (Å²) in [4.78, 5) is 27.7. The monoisotopic (exact) mass is 243 g/mol. The van der Waals surface area contributed by atoms with E-state index in [0.717, 1.165) is 32.7 Å². The molecule has 0 aromatic carbocycles. The first-order chi connectivity index (χ1) is 7.99. The normalized spacial score (nSPS) is 18.0. The number of hydrogen-bond donors (Lipinski definition) is 1. The lowest BCUT2D eigenvalue weighted by molar-refractivity contribution is -0.138. The van der Waals surface area contributed by atoms with Gasteiger partial charge in [-0.25, -0.2) is 0 Å². The molecule has 0 aliphatic carbocycles. The van der Waals surface area contributed by atoms with Crippen LogP contribution in [0.25, 0.3) is 0 Å². The van der Waals surface area contributed by atoms with Crippen LogP contribution in [0.2, 0.25) is 0 Å². The molecule has 0 aromatic heterocycles. The Morgan fingerprint density at radius 1 is 1.12 bits per heavy atom. The number of carbonyl (C=O) groups is 2. The summed E-state index contributed by atoms with van der Waals surface area (Å²) in [6.07, 6.45) is 0.534.